The number of amides is 2. The molecule has 0 bridgehead atoms. The van der Waals surface area contributed by atoms with Gasteiger partial charge in [0.05, 0.1) is 11.3 Å². The number of nitrogens with zero attached hydrogens (tertiary/aromatic N) is 2. The van der Waals surface area contributed by atoms with Crippen molar-refractivity contribution in [3.8, 4) is 11.4 Å². The van der Waals surface area contributed by atoms with Gasteiger partial charge in [0.25, 0.3) is 5.91 Å². The van der Waals surface area contributed by atoms with E-state index in [1.54, 1.807) is 60.7 Å². The van der Waals surface area contributed by atoms with Crippen LogP contribution in [0.25, 0.3) is 5.69 Å². The molecule has 0 atom stereocenters. The molecule has 0 spiro atoms. The number of aromatic nitrogens is 2. The number of para-hydroxylation sites is 2. The number of alkyl halides is 3. The van der Waals surface area contributed by atoms with E-state index in [9.17, 15) is 22.8 Å². The molecule has 3 rings (SSSR count). The van der Waals surface area contributed by atoms with Crippen LogP contribution in [0, 0.1) is 0 Å². The van der Waals surface area contributed by atoms with Gasteiger partial charge in [-0.3, -0.25) is 4.79 Å². The molecular weight excluding hydrogens is 401 g/mol. The van der Waals surface area contributed by atoms with E-state index in [0.29, 0.717) is 11.4 Å². The van der Waals surface area contributed by atoms with E-state index < -0.39 is 29.4 Å². The van der Waals surface area contributed by atoms with Crippen molar-refractivity contribution in [3.63, 3.8) is 0 Å². The lowest BCUT2D eigenvalue weighted by atomic mass is 10.2. The SMILES string of the molecule is O=C(NCCNC(=O)c1cn(-c2ccccc2)nc1C(F)(F)F)Oc1ccccc1. The smallest absolute Gasteiger partial charge is 0.410 e. The van der Waals surface area contributed by atoms with Crippen LogP contribution in [0.5, 0.6) is 5.75 Å². The van der Waals surface area contributed by atoms with Crippen molar-refractivity contribution in [3.05, 3.63) is 78.1 Å². The first kappa shape index (κ1) is 20.9. The van der Waals surface area contributed by atoms with Gasteiger partial charge in [0.2, 0.25) is 0 Å². The molecule has 1 aromatic heterocycles. The molecule has 2 amide bonds. The maximum Gasteiger partial charge on any atom is 0.435 e. The Morgan fingerprint density at radius 2 is 1.53 bits per heavy atom. The number of carbonyl (C=O) groups excluding carboxylic acids is 2. The summed E-state index contributed by atoms with van der Waals surface area (Å²) in [5.74, 6) is -0.620. The van der Waals surface area contributed by atoms with Gasteiger partial charge >= 0.3 is 12.3 Å². The average molecular weight is 418 g/mol. The second-order valence-electron chi connectivity index (χ2n) is 6.05. The zero-order chi connectivity index (χ0) is 21.6. The topological polar surface area (TPSA) is 85.3 Å². The Labute approximate surface area is 169 Å². The van der Waals surface area contributed by atoms with Gasteiger partial charge in [-0.15, -0.1) is 0 Å². The molecule has 7 nitrogen and oxygen atoms in total. The second-order valence-corrected chi connectivity index (χ2v) is 6.05. The average Bonchev–Trinajstić information content (AvgIpc) is 3.19. The first-order valence-electron chi connectivity index (χ1n) is 8.86. The predicted octanol–water partition coefficient (Wildman–Crippen LogP) is 3.41. The van der Waals surface area contributed by atoms with Gasteiger partial charge in [0, 0.05) is 19.3 Å². The van der Waals surface area contributed by atoms with Crippen LogP contribution in [-0.2, 0) is 6.18 Å². The van der Waals surface area contributed by atoms with Gasteiger partial charge in [-0.2, -0.15) is 18.3 Å². The number of hydrogen-bond acceptors (Lipinski definition) is 4. The van der Waals surface area contributed by atoms with Crippen LogP contribution in [0.2, 0.25) is 0 Å². The fraction of sp³-hybridized carbons (Fsp3) is 0.150. The van der Waals surface area contributed by atoms with Gasteiger partial charge in [0.15, 0.2) is 5.69 Å². The van der Waals surface area contributed by atoms with Crippen LogP contribution in [0.1, 0.15) is 16.1 Å². The summed E-state index contributed by atoms with van der Waals surface area (Å²) in [6.07, 6.45) is -4.53. The van der Waals surface area contributed by atoms with Gasteiger partial charge in [-0.05, 0) is 24.3 Å². The van der Waals surface area contributed by atoms with Crippen molar-refractivity contribution in [2.75, 3.05) is 13.1 Å². The highest BCUT2D eigenvalue weighted by atomic mass is 19.4. The first-order chi connectivity index (χ1) is 14.3. The summed E-state index contributed by atoms with van der Waals surface area (Å²) in [5.41, 5.74) is -1.52. The molecule has 0 aliphatic rings. The number of ether oxygens (including phenoxy) is 1. The molecular formula is C20H17F3N4O3. The summed E-state index contributed by atoms with van der Waals surface area (Å²) < 4.78 is 45.9. The fourth-order valence-electron chi connectivity index (χ4n) is 2.53. The molecule has 0 fully saturated rings. The van der Waals surface area contributed by atoms with Crippen LogP contribution in [-0.4, -0.2) is 34.9 Å². The molecule has 2 aromatic carbocycles. The van der Waals surface area contributed by atoms with Crippen LogP contribution in [0.4, 0.5) is 18.0 Å². The molecule has 0 unspecified atom stereocenters. The van der Waals surface area contributed by atoms with Gasteiger partial charge < -0.3 is 15.4 Å². The number of nitrogens with one attached hydrogen (secondary N) is 2. The van der Waals surface area contributed by atoms with E-state index in [4.69, 9.17) is 4.74 Å². The molecule has 30 heavy (non-hydrogen) atoms. The number of carbonyl (C=O) groups is 2. The molecule has 0 saturated heterocycles. The third-order valence-corrected chi connectivity index (χ3v) is 3.88. The van der Waals surface area contributed by atoms with Crippen molar-refractivity contribution in [2.24, 2.45) is 0 Å². The van der Waals surface area contributed by atoms with E-state index in [0.717, 1.165) is 10.9 Å². The first-order valence-corrected chi connectivity index (χ1v) is 8.86. The van der Waals surface area contributed by atoms with Crippen LogP contribution in [0.15, 0.2) is 66.9 Å². The summed E-state index contributed by atoms with van der Waals surface area (Å²) in [7, 11) is 0. The predicted molar refractivity (Wildman–Crippen MR) is 101 cm³/mol. The molecule has 0 radical (unpaired) electrons. The molecule has 3 aromatic rings. The Morgan fingerprint density at radius 3 is 2.17 bits per heavy atom. The van der Waals surface area contributed by atoms with Gasteiger partial charge in [0.1, 0.15) is 5.75 Å². The Kier molecular flexibility index (Phi) is 6.35. The third kappa shape index (κ3) is 5.37. The highest BCUT2D eigenvalue weighted by Crippen LogP contribution is 2.31. The van der Waals surface area contributed by atoms with Crippen molar-refractivity contribution < 1.29 is 27.5 Å². The number of hydrogen-bond donors (Lipinski definition) is 2. The van der Waals surface area contributed by atoms with Crippen LogP contribution in [0.3, 0.4) is 0 Å². The maximum atomic E-state index is 13.3. The van der Waals surface area contributed by atoms with E-state index in [-0.39, 0.29) is 13.1 Å². The van der Waals surface area contributed by atoms with Gasteiger partial charge in [-0.1, -0.05) is 36.4 Å². The molecule has 2 N–H and O–H groups in total. The molecule has 10 heteroatoms. The normalized spacial score (nSPS) is 11.0. The Hall–Kier alpha value is -3.82. The molecule has 1 heterocycles. The van der Waals surface area contributed by atoms with E-state index in [1.165, 1.54) is 0 Å². The van der Waals surface area contributed by atoms with Crippen molar-refractivity contribution in [1.29, 1.82) is 0 Å². The zero-order valence-electron chi connectivity index (χ0n) is 15.5. The lowest BCUT2D eigenvalue weighted by molar-refractivity contribution is -0.141. The second kappa shape index (κ2) is 9.12. The zero-order valence-corrected chi connectivity index (χ0v) is 15.5. The highest BCUT2D eigenvalue weighted by Gasteiger charge is 2.39. The monoisotopic (exact) mass is 418 g/mol. The molecule has 156 valence electrons. The van der Waals surface area contributed by atoms with E-state index in [2.05, 4.69) is 15.7 Å². The summed E-state index contributed by atoms with van der Waals surface area (Å²) in [6.45, 7) is -0.137. The van der Waals surface area contributed by atoms with Crippen molar-refractivity contribution in [2.45, 2.75) is 6.18 Å². The Bertz CT molecular complexity index is 1010. The lowest BCUT2D eigenvalue weighted by Crippen LogP contribution is -2.36. The van der Waals surface area contributed by atoms with Crippen LogP contribution < -0.4 is 15.4 Å². The van der Waals surface area contributed by atoms with E-state index >= 15 is 0 Å². The van der Waals surface area contributed by atoms with E-state index in [1.807, 2.05) is 0 Å². The molecule has 0 saturated carbocycles. The standard InChI is InChI=1S/C20H17F3N4O3/c21-20(22,23)17-16(13-27(26-17)14-7-3-1-4-8-14)18(28)24-11-12-25-19(29)30-15-9-5-2-6-10-15/h1-10,13H,11-12H2,(H,24,28)(H,25,29). The van der Waals surface area contributed by atoms with Crippen LogP contribution >= 0.6 is 0 Å². The fourth-order valence-corrected chi connectivity index (χ4v) is 2.53. The lowest BCUT2D eigenvalue weighted by Gasteiger charge is -2.08. The summed E-state index contributed by atoms with van der Waals surface area (Å²) in [5, 5.41) is 8.25. The minimum Gasteiger partial charge on any atom is -0.410 e. The summed E-state index contributed by atoms with van der Waals surface area (Å²) in [6, 6.07) is 16.4. The number of benzene rings is 2. The van der Waals surface area contributed by atoms with Gasteiger partial charge in [-0.25, -0.2) is 9.48 Å². The number of halogens is 3. The molecule has 0 aliphatic heterocycles. The third-order valence-electron chi connectivity index (χ3n) is 3.88. The minimum absolute atomic E-state index is 0.0361. The van der Waals surface area contributed by atoms with Crippen molar-refractivity contribution >= 4 is 12.0 Å². The number of rotatable bonds is 6. The Balaban J connectivity index is 1.59. The highest BCUT2D eigenvalue weighted by molar-refractivity contribution is 5.95. The largest absolute Gasteiger partial charge is 0.435 e. The minimum atomic E-state index is -4.80. The maximum absolute atomic E-state index is 13.3. The summed E-state index contributed by atoms with van der Waals surface area (Å²) in [4.78, 5) is 23.9. The quantitative estimate of drug-likeness (QED) is 0.601. The summed E-state index contributed by atoms with van der Waals surface area (Å²) >= 11 is 0. The Morgan fingerprint density at radius 1 is 0.933 bits per heavy atom. The molecule has 0 aliphatic carbocycles. The van der Waals surface area contributed by atoms with Crippen molar-refractivity contribution in [1.82, 2.24) is 20.4 Å².